The Bertz CT molecular complexity index is 316. The number of hydrogen-bond acceptors (Lipinski definition) is 2. The summed E-state index contributed by atoms with van der Waals surface area (Å²) in [6, 6.07) is 6.84. The third kappa shape index (κ3) is 3.13. The lowest BCUT2D eigenvalue weighted by molar-refractivity contribution is -0.131. The van der Waals surface area contributed by atoms with Crippen molar-refractivity contribution in [1.82, 2.24) is 0 Å². The molecular weight excluding hydrogens is 167 g/mol. The maximum absolute atomic E-state index is 10.2. The number of carboxylic acids is 1. The first-order chi connectivity index (χ1) is 6.22. The van der Waals surface area contributed by atoms with E-state index in [-0.39, 0.29) is 0 Å². The van der Waals surface area contributed by atoms with Gasteiger partial charge in [0.1, 0.15) is 0 Å². The van der Waals surface area contributed by atoms with Crippen LogP contribution in [0.5, 0.6) is 0 Å². The molecule has 0 atom stereocenters. The second kappa shape index (κ2) is 4.47. The molecule has 0 saturated heterocycles. The third-order valence-corrected chi connectivity index (χ3v) is 1.50. The van der Waals surface area contributed by atoms with Crippen molar-refractivity contribution >= 4 is 25.0 Å². The Kier molecular flexibility index (Phi) is 3.28. The first-order valence-corrected chi connectivity index (χ1v) is 3.71. The molecular formula is C9H8BO3. The van der Waals surface area contributed by atoms with Gasteiger partial charge in [-0.25, -0.2) is 4.79 Å². The summed E-state index contributed by atoms with van der Waals surface area (Å²) in [6.45, 7) is 0. The highest BCUT2D eigenvalue weighted by Gasteiger charge is 1.92. The summed E-state index contributed by atoms with van der Waals surface area (Å²) >= 11 is 0. The van der Waals surface area contributed by atoms with Crippen LogP contribution in [0.3, 0.4) is 0 Å². The van der Waals surface area contributed by atoms with Crippen LogP contribution < -0.4 is 5.46 Å². The van der Waals surface area contributed by atoms with Crippen molar-refractivity contribution < 1.29 is 14.9 Å². The van der Waals surface area contributed by atoms with Crippen molar-refractivity contribution in [2.75, 3.05) is 0 Å². The van der Waals surface area contributed by atoms with Gasteiger partial charge < -0.3 is 10.1 Å². The number of aliphatic carboxylic acids is 1. The molecule has 3 nitrogen and oxygen atoms in total. The molecule has 0 fully saturated rings. The van der Waals surface area contributed by atoms with E-state index in [0.29, 0.717) is 5.46 Å². The van der Waals surface area contributed by atoms with E-state index in [0.717, 1.165) is 19.1 Å². The number of carbonyl (C=O) groups is 1. The van der Waals surface area contributed by atoms with Crippen LogP contribution in [0.2, 0.25) is 0 Å². The van der Waals surface area contributed by atoms with E-state index in [4.69, 9.17) is 10.1 Å². The zero-order valence-electron chi connectivity index (χ0n) is 6.84. The first kappa shape index (κ1) is 9.54. The van der Waals surface area contributed by atoms with Crippen LogP contribution in [0.25, 0.3) is 6.08 Å². The predicted octanol–water partition coefficient (Wildman–Crippen LogP) is 0.0212. The van der Waals surface area contributed by atoms with Gasteiger partial charge in [-0.3, -0.25) is 0 Å². The van der Waals surface area contributed by atoms with Crippen molar-refractivity contribution in [3.05, 3.63) is 35.9 Å². The lowest BCUT2D eigenvalue weighted by atomic mass is 9.88. The minimum absolute atomic E-state index is 0.687. The Morgan fingerprint density at radius 1 is 1.31 bits per heavy atom. The molecule has 1 rings (SSSR count). The van der Waals surface area contributed by atoms with E-state index in [1.54, 1.807) is 24.3 Å². The van der Waals surface area contributed by atoms with E-state index in [1.165, 1.54) is 6.08 Å². The molecule has 0 heterocycles. The molecule has 4 heteroatoms. The summed E-state index contributed by atoms with van der Waals surface area (Å²) in [5.41, 5.74) is 1.47. The molecule has 0 saturated carbocycles. The summed E-state index contributed by atoms with van der Waals surface area (Å²) in [6.07, 6.45) is 2.56. The molecule has 1 radical (unpaired) electrons. The highest BCUT2D eigenvalue weighted by molar-refractivity contribution is 6.45. The van der Waals surface area contributed by atoms with Gasteiger partial charge in [0.05, 0.1) is 0 Å². The van der Waals surface area contributed by atoms with Crippen molar-refractivity contribution in [1.29, 1.82) is 0 Å². The average molecular weight is 175 g/mol. The SMILES string of the molecule is O=C(O)/C=C/c1ccc([B]O)cc1. The monoisotopic (exact) mass is 175 g/mol. The van der Waals surface area contributed by atoms with Crippen molar-refractivity contribution in [2.45, 2.75) is 0 Å². The largest absolute Gasteiger partial charge is 0.478 e. The molecule has 0 amide bonds. The zero-order chi connectivity index (χ0) is 9.68. The molecule has 65 valence electrons. The number of rotatable bonds is 3. The predicted molar refractivity (Wildman–Crippen MR) is 50.7 cm³/mol. The Morgan fingerprint density at radius 2 is 1.92 bits per heavy atom. The Labute approximate surface area is 76.6 Å². The van der Waals surface area contributed by atoms with Crippen LogP contribution >= 0.6 is 0 Å². The van der Waals surface area contributed by atoms with Crippen LogP contribution in [-0.2, 0) is 4.79 Å². The lowest BCUT2D eigenvalue weighted by Gasteiger charge is -1.94. The summed E-state index contributed by atoms with van der Waals surface area (Å²) in [5, 5.41) is 17.0. The van der Waals surface area contributed by atoms with E-state index in [9.17, 15) is 4.79 Å². The van der Waals surface area contributed by atoms with Gasteiger partial charge in [-0.05, 0) is 11.6 Å². The molecule has 0 aliphatic heterocycles. The zero-order valence-corrected chi connectivity index (χ0v) is 6.84. The molecule has 0 aliphatic rings. The van der Waals surface area contributed by atoms with Gasteiger partial charge in [-0.2, -0.15) is 0 Å². The summed E-state index contributed by atoms with van der Waals surface area (Å²) in [4.78, 5) is 10.2. The Morgan fingerprint density at radius 3 is 2.38 bits per heavy atom. The Balaban J connectivity index is 2.75. The fourth-order valence-electron chi connectivity index (χ4n) is 0.861. The van der Waals surface area contributed by atoms with Crippen molar-refractivity contribution in [3.8, 4) is 0 Å². The highest BCUT2D eigenvalue weighted by Crippen LogP contribution is 1.99. The van der Waals surface area contributed by atoms with Gasteiger partial charge in [-0.15, -0.1) is 0 Å². The average Bonchev–Trinajstić information content (AvgIpc) is 2.15. The minimum Gasteiger partial charge on any atom is -0.478 e. The molecule has 1 aromatic rings. The summed E-state index contributed by atoms with van der Waals surface area (Å²) in [5.74, 6) is -0.974. The molecule has 0 aliphatic carbocycles. The molecule has 0 spiro atoms. The molecule has 0 unspecified atom stereocenters. The van der Waals surface area contributed by atoms with Gasteiger partial charge in [0.25, 0.3) is 0 Å². The molecule has 2 N–H and O–H groups in total. The minimum atomic E-state index is -0.974. The number of benzene rings is 1. The second-order valence-electron chi connectivity index (χ2n) is 2.47. The van der Waals surface area contributed by atoms with E-state index in [1.807, 2.05) is 0 Å². The van der Waals surface area contributed by atoms with Crippen molar-refractivity contribution in [2.24, 2.45) is 0 Å². The van der Waals surface area contributed by atoms with Crippen LogP contribution in [0, 0.1) is 0 Å². The van der Waals surface area contributed by atoms with Crippen LogP contribution in [0.15, 0.2) is 30.3 Å². The fraction of sp³-hybridized carbons (Fsp3) is 0. The number of carboxylic acid groups (broad SMARTS) is 1. The Hall–Kier alpha value is -1.55. The molecule has 1 aromatic carbocycles. The van der Waals surface area contributed by atoms with Gasteiger partial charge in [0.15, 0.2) is 0 Å². The van der Waals surface area contributed by atoms with Gasteiger partial charge in [0.2, 0.25) is 0 Å². The standard InChI is InChI=1S/C9H8BO3/c11-9(12)6-3-7-1-4-8(10-13)5-2-7/h1-6,13H,(H,11,12)/b6-3+. The van der Waals surface area contributed by atoms with Crippen LogP contribution in [-0.4, -0.2) is 23.6 Å². The number of hydrogen-bond donors (Lipinski definition) is 2. The third-order valence-electron chi connectivity index (χ3n) is 1.50. The highest BCUT2D eigenvalue weighted by atomic mass is 16.4. The van der Waals surface area contributed by atoms with E-state index >= 15 is 0 Å². The molecule has 13 heavy (non-hydrogen) atoms. The molecule has 0 aromatic heterocycles. The van der Waals surface area contributed by atoms with Crippen LogP contribution in [0.1, 0.15) is 5.56 Å². The summed E-state index contributed by atoms with van der Waals surface area (Å²) in [7, 11) is 0.991. The lowest BCUT2D eigenvalue weighted by Crippen LogP contribution is -2.11. The van der Waals surface area contributed by atoms with Gasteiger partial charge in [0, 0.05) is 6.08 Å². The van der Waals surface area contributed by atoms with Gasteiger partial charge >= 0.3 is 13.5 Å². The van der Waals surface area contributed by atoms with Crippen molar-refractivity contribution in [3.63, 3.8) is 0 Å². The maximum atomic E-state index is 10.2. The van der Waals surface area contributed by atoms with E-state index < -0.39 is 5.97 Å². The second-order valence-corrected chi connectivity index (χ2v) is 2.47. The van der Waals surface area contributed by atoms with Crippen LogP contribution in [0.4, 0.5) is 0 Å². The normalized spacial score (nSPS) is 10.2. The first-order valence-electron chi connectivity index (χ1n) is 3.71. The summed E-state index contributed by atoms with van der Waals surface area (Å²) < 4.78 is 0. The van der Waals surface area contributed by atoms with Gasteiger partial charge in [-0.1, -0.05) is 29.7 Å². The quantitative estimate of drug-likeness (QED) is 0.502. The fourth-order valence-corrected chi connectivity index (χ4v) is 0.861. The maximum Gasteiger partial charge on any atom is 0.328 e. The smallest absolute Gasteiger partial charge is 0.328 e. The topological polar surface area (TPSA) is 57.5 Å². The van der Waals surface area contributed by atoms with E-state index in [2.05, 4.69) is 0 Å². The molecule has 0 bridgehead atoms.